The van der Waals surface area contributed by atoms with Crippen molar-refractivity contribution >= 4 is 17.5 Å². The van der Waals surface area contributed by atoms with Crippen LogP contribution < -0.4 is 0 Å². The smallest absolute Gasteiger partial charge is 0.191 e. The zero-order valence-electron chi connectivity index (χ0n) is 14.3. The van der Waals surface area contributed by atoms with Crippen LogP contribution >= 0.6 is 11.8 Å². The summed E-state index contributed by atoms with van der Waals surface area (Å²) in [6, 6.07) is 10.3. The van der Waals surface area contributed by atoms with E-state index in [4.69, 9.17) is 0 Å². The molecule has 0 atom stereocenters. The number of aromatic nitrogens is 4. The van der Waals surface area contributed by atoms with Gasteiger partial charge < -0.3 is 9.13 Å². The van der Waals surface area contributed by atoms with Crippen LogP contribution in [-0.4, -0.2) is 30.9 Å². The number of rotatable bonds is 5. The van der Waals surface area contributed by atoms with E-state index in [9.17, 15) is 4.79 Å². The summed E-state index contributed by atoms with van der Waals surface area (Å²) in [7, 11) is 1.87. The van der Waals surface area contributed by atoms with Gasteiger partial charge in [0.1, 0.15) is 6.33 Å². The first kappa shape index (κ1) is 16.5. The number of Topliss-reactive ketones (excluding diaryl/α,β-unsaturated/α-hetero) is 1. The fourth-order valence-corrected chi connectivity index (χ4v) is 3.52. The van der Waals surface area contributed by atoms with E-state index in [1.54, 1.807) is 6.33 Å². The van der Waals surface area contributed by atoms with Crippen LogP contribution in [0.2, 0.25) is 0 Å². The predicted molar refractivity (Wildman–Crippen MR) is 96.0 cm³/mol. The van der Waals surface area contributed by atoms with Gasteiger partial charge in [0.25, 0.3) is 0 Å². The topological polar surface area (TPSA) is 52.7 Å². The predicted octanol–water partition coefficient (Wildman–Crippen LogP) is 3.51. The van der Waals surface area contributed by atoms with Crippen LogP contribution in [0.3, 0.4) is 0 Å². The number of nitrogens with zero attached hydrogens (tertiary/aromatic N) is 4. The fraction of sp³-hybridized carbons (Fsp3) is 0.278. The van der Waals surface area contributed by atoms with E-state index in [-0.39, 0.29) is 5.78 Å². The Bertz CT molecular complexity index is 877. The Morgan fingerprint density at radius 3 is 2.50 bits per heavy atom. The molecule has 24 heavy (non-hydrogen) atoms. The van der Waals surface area contributed by atoms with Crippen LogP contribution in [0.5, 0.6) is 0 Å². The van der Waals surface area contributed by atoms with Crippen molar-refractivity contribution in [3.63, 3.8) is 0 Å². The van der Waals surface area contributed by atoms with Gasteiger partial charge >= 0.3 is 0 Å². The van der Waals surface area contributed by atoms with Gasteiger partial charge in [0, 0.05) is 29.7 Å². The molecule has 0 unspecified atom stereocenters. The van der Waals surface area contributed by atoms with Gasteiger partial charge in [-0.25, -0.2) is 0 Å². The summed E-state index contributed by atoms with van der Waals surface area (Å²) in [4.78, 5) is 12.6. The lowest BCUT2D eigenvalue weighted by atomic mass is 10.2. The molecule has 1 aromatic carbocycles. The highest BCUT2D eigenvalue weighted by atomic mass is 32.2. The summed E-state index contributed by atoms with van der Waals surface area (Å²) in [5, 5.41) is 8.58. The van der Waals surface area contributed by atoms with E-state index in [0.717, 1.165) is 27.8 Å². The molecule has 0 bridgehead atoms. The quantitative estimate of drug-likeness (QED) is 0.527. The minimum Gasteiger partial charge on any atom is -0.318 e. The first-order chi connectivity index (χ1) is 11.5. The molecule has 0 aliphatic rings. The molecule has 0 spiro atoms. The molecule has 2 heterocycles. The van der Waals surface area contributed by atoms with Gasteiger partial charge in [-0.3, -0.25) is 4.79 Å². The third-order valence-corrected chi connectivity index (χ3v) is 5.06. The average Bonchev–Trinajstić information content (AvgIpc) is 3.09. The van der Waals surface area contributed by atoms with Gasteiger partial charge in [-0.15, -0.1) is 10.2 Å². The Morgan fingerprint density at radius 1 is 1.17 bits per heavy atom. The number of hydrogen-bond acceptors (Lipinski definition) is 4. The largest absolute Gasteiger partial charge is 0.318 e. The summed E-state index contributed by atoms with van der Waals surface area (Å²) in [5.74, 6) is 0.458. The molecular weight excluding hydrogens is 320 g/mol. The van der Waals surface area contributed by atoms with Crippen molar-refractivity contribution in [2.24, 2.45) is 7.05 Å². The molecule has 0 amide bonds. The lowest BCUT2D eigenvalue weighted by Gasteiger charge is -2.10. The molecule has 5 nitrogen and oxygen atoms in total. The molecule has 3 rings (SSSR count). The number of carbonyl (C=O) groups excluding carboxylic acids is 1. The van der Waals surface area contributed by atoms with E-state index in [2.05, 4.69) is 46.0 Å². The molecule has 0 radical (unpaired) electrons. The number of thioether (sulfide) groups is 1. The maximum atomic E-state index is 12.6. The van der Waals surface area contributed by atoms with E-state index in [0.29, 0.717) is 5.75 Å². The highest BCUT2D eigenvalue weighted by molar-refractivity contribution is 7.99. The molecule has 0 aliphatic heterocycles. The summed E-state index contributed by atoms with van der Waals surface area (Å²) in [5.41, 5.74) is 5.10. The fourth-order valence-electron chi connectivity index (χ4n) is 2.75. The molecule has 0 saturated heterocycles. The summed E-state index contributed by atoms with van der Waals surface area (Å²) < 4.78 is 3.94. The maximum Gasteiger partial charge on any atom is 0.191 e. The van der Waals surface area contributed by atoms with E-state index >= 15 is 0 Å². The van der Waals surface area contributed by atoms with Crippen molar-refractivity contribution in [3.8, 4) is 5.69 Å². The van der Waals surface area contributed by atoms with Gasteiger partial charge in [0.05, 0.1) is 5.75 Å². The molecule has 0 fully saturated rings. The first-order valence-electron chi connectivity index (χ1n) is 7.73. The summed E-state index contributed by atoms with van der Waals surface area (Å²) >= 11 is 1.41. The van der Waals surface area contributed by atoms with Gasteiger partial charge in [-0.1, -0.05) is 29.5 Å². The third kappa shape index (κ3) is 3.14. The maximum absolute atomic E-state index is 12.6. The zero-order chi connectivity index (χ0) is 17.3. The first-order valence-corrected chi connectivity index (χ1v) is 8.72. The highest BCUT2D eigenvalue weighted by Gasteiger charge is 2.17. The van der Waals surface area contributed by atoms with Gasteiger partial charge in [0.2, 0.25) is 0 Å². The van der Waals surface area contributed by atoms with Crippen molar-refractivity contribution in [2.75, 3.05) is 5.75 Å². The van der Waals surface area contributed by atoms with Crippen LogP contribution in [-0.2, 0) is 7.05 Å². The summed E-state index contributed by atoms with van der Waals surface area (Å²) in [6.07, 6.45) is 1.63. The Morgan fingerprint density at radius 2 is 1.88 bits per heavy atom. The Kier molecular flexibility index (Phi) is 4.57. The zero-order valence-corrected chi connectivity index (χ0v) is 15.1. The third-order valence-electron chi connectivity index (χ3n) is 4.03. The van der Waals surface area contributed by atoms with Gasteiger partial charge in [0.15, 0.2) is 10.9 Å². The van der Waals surface area contributed by atoms with Crippen LogP contribution in [0.25, 0.3) is 5.69 Å². The number of benzene rings is 1. The Balaban J connectivity index is 1.84. The minimum absolute atomic E-state index is 0.106. The molecule has 0 N–H and O–H groups in total. The van der Waals surface area contributed by atoms with Crippen molar-refractivity contribution < 1.29 is 4.79 Å². The lowest BCUT2D eigenvalue weighted by molar-refractivity contribution is 0.102. The monoisotopic (exact) mass is 340 g/mol. The molecule has 0 saturated carbocycles. The van der Waals surface area contributed by atoms with E-state index < -0.39 is 0 Å². The average molecular weight is 340 g/mol. The Hall–Kier alpha value is -2.34. The number of ketones is 1. The van der Waals surface area contributed by atoms with Crippen molar-refractivity contribution in [3.05, 3.63) is 59.2 Å². The van der Waals surface area contributed by atoms with Crippen LogP contribution in [0.4, 0.5) is 0 Å². The molecule has 3 aromatic rings. The second kappa shape index (κ2) is 6.65. The SMILES string of the molecule is Cc1ccc(-n2c(C)cc(C(=O)CSc3nncn3C)c2C)cc1. The molecular formula is C18H20N4OS. The standard InChI is InChI=1S/C18H20N4OS/c1-12-5-7-15(8-6-12)22-13(2)9-16(14(22)3)17(23)10-24-18-20-19-11-21(18)4/h5-9,11H,10H2,1-4H3. The highest BCUT2D eigenvalue weighted by Crippen LogP contribution is 2.23. The molecule has 124 valence electrons. The molecule has 6 heteroatoms. The van der Waals surface area contributed by atoms with Crippen molar-refractivity contribution in [2.45, 2.75) is 25.9 Å². The van der Waals surface area contributed by atoms with E-state index in [1.165, 1.54) is 17.3 Å². The van der Waals surface area contributed by atoms with E-state index in [1.807, 2.05) is 31.5 Å². The summed E-state index contributed by atoms with van der Waals surface area (Å²) in [6.45, 7) is 6.09. The number of aryl methyl sites for hydroxylation is 3. The van der Waals surface area contributed by atoms with Crippen molar-refractivity contribution in [1.82, 2.24) is 19.3 Å². The number of carbonyl (C=O) groups is 1. The molecule has 2 aromatic heterocycles. The Labute approximate surface area is 145 Å². The normalized spacial score (nSPS) is 11.0. The van der Waals surface area contributed by atoms with Gasteiger partial charge in [-0.05, 0) is 39.0 Å². The van der Waals surface area contributed by atoms with Crippen LogP contribution in [0, 0.1) is 20.8 Å². The second-order valence-electron chi connectivity index (χ2n) is 5.89. The second-order valence-corrected chi connectivity index (χ2v) is 6.83. The van der Waals surface area contributed by atoms with Crippen LogP contribution in [0.15, 0.2) is 41.8 Å². The molecule has 0 aliphatic carbocycles. The van der Waals surface area contributed by atoms with Crippen molar-refractivity contribution in [1.29, 1.82) is 0 Å². The minimum atomic E-state index is 0.106. The van der Waals surface area contributed by atoms with Crippen LogP contribution in [0.1, 0.15) is 27.3 Å². The number of hydrogen-bond donors (Lipinski definition) is 0. The lowest BCUT2D eigenvalue weighted by Crippen LogP contribution is -2.06. The van der Waals surface area contributed by atoms with Gasteiger partial charge in [-0.2, -0.15) is 0 Å².